The highest BCUT2D eigenvalue weighted by molar-refractivity contribution is 7.99. The first kappa shape index (κ1) is 19.6. The van der Waals surface area contributed by atoms with E-state index in [1.807, 2.05) is 11.5 Å². The topological polar surface area (TPSA) is 72.3 Å². The van der Waals surface area contributed by atoms with Gasteiger partial charge in [-0.3, -0.25) is 9.36 Å². The Morgan fingerprint density at radius 3 is 2.81 bits per heavy atom. The zero-order valence-electron chi connectivity index (χ0n) is 15.6. The minimum atomic E-state index is -0.240. The lowest BCUT2D eigenvalue weighted by atomic mass is 10.1. The van der Waals surface area contributed by atoms with E-state index in [-0.39, 0.29) is 17.5 Å². The van der Waals surface area contributed by atoms with E-state index < -0.39 is 0 Å². The fourth-order valence-corrected chi connectivity index (χ4v) is 3.69. The van der Waals surface area contributed by atoms with Gasteiger partial charge >= 0.3 is 0 Å². The van der Waals surface area contributed by atoms with Gasteiger partial charge in [0.1, 0.15) is 5.82 Å². The molecule has 0 saturated carbocycles. The molecule has 0 unspecified atom stereocenters. The van der Waals surface area contributed by atoms with Gasteiger partial charge in [-0.15, -0.1) is 10.2 Å². The zero-order valence-corrected chi connectivity index (χ0v) is 16.4. The third-order valence-corrected chi connectivity index (χ3v) is 5.32. The summed E-state index contributed by atoms with van der Waals surface area (Å²) in [4.78, 5) is 14.3. The Morgan fingerprint density at radius 2 is 2.11 bits per heavy atom. The highest BCUT2D eigenvalue weighted by atomic mass is 32.2. The molecule has 2 heterocycles. The summed E-state index contributed by atoms with van der Waals surface area (Å²) < 4.78 is 20.7. The molecule has 7 nitrogen and oxygen atoms in total. The summed E-state index contributed by atoms with van der Waals surface area (Å²) in [6.07, 6.45) is 0. The van der Waals surface area contributed by atoms with Gasteiger partial charge in [-0.2, -0.15) is 0 Å². The first-order valence-electron chi connectivity index (χ1n) is 8.99. The molecule has 0 bridgehead atoms. The fourth-order valence-electron chi connectivity index (χ4n) is 2.86. The Kier molecular flexibility index (Phi) is 6.68. The van der Waals surface area contributed by atoms with Crippen LogP contribution in [0.2, 0.25) is 0 Å². The summed E-state index contributed by atoms with van der Waals surface area (Å²) in [5.74, 6) is 0.739. The number of aromatic nitrogens is 3. The van der Waals surface area contributed by atoms with Gasteiger partial charge in [-0.25, -0.2) is 4.39 Å². The van der Waals surface area contributed by atoms with Crippen LogP contribution in [0.4, 0.5) is 10.3 Å². The molecule has 1 fully saturated rings. The van der Waals surface area contributed by atoms with Gasteiger partial charge in [-0.05, 0) is 31.0 Å². The summed E-state index contributed by atoms with van der Waals surface area (Å²) in [5.41, 5.74) is 1.45. The number of amides is 1. The van der Waals surface area contributed by atoms with Crippen molar-refractivity contribution in [1.82, 2.24) is 20.1 Å². The molecule has 1 aromatic carbocycles. The van der Waals surface area contributed by atoms with Gasteiger partial charge in [0.2, 0.25) is 11.9 Å². The average molecular weight is 393 g/mol. The molecule has 1 aromatic heterocycles. The highest BCUT2D eigenvalue weighted by Gasteiger charge is 2.20. The van der Waals surface area contributed by atoms with E-state index in [2.05, 4.69) is 20.4 Å². The Morgan fingerprint density at radius 1 is 1.33 bits per heavy atom. The number of aryl methyl sites for hydroxylation is 1. The van der Waals surface area contributed by atoms with Crippen LogP contribution in [0.15, 0.2) is 23.4 Å². The second kappa shape index (κ2) is 9.18. The van der Waals surface area contributed by atoms with E-state index in [4.69, 9.17) is 4.74 Å². The van der Waals surface area contributed by atoms with Gasteiger partial charge in [0, 0.05) is 26.2 Å². The van der Waals surface area contributed by atoms with Gasteiger partial charge in [0.25, 0.3) is 0 Å². The third kappa shape index (κ3) is 4.98. The number of hydrogen-bond donors (Lipinski definition) is 1. The normalized spacial score (nSPS) is 14.4. The number of morpholine rings is 1. The number of thioether (sulfide) groups is 1. The van der Waals surface area contributed by atoms with E-state index in [1.54, 1.807) is 19.1 Å². The van der Waals surface area contributed by atoms with Crippen LogP contribution in [0.3, 0.4) is 0 Å². The van der Waals surface area contributed by atoms with E-state index >= 15 is 0 Å². The zero-order chi connectivity index (χ0) is 19.2. The maximum absolute atomic E-state index is 13.3. The second-order valence-electron chi connectivity index (χ2n) is 6.28. The molecule has 0 atom stereocenters. The first-order chi connectivity index (χ1) is 13.1. The smallest absolute Gasteiger partial charge is 0.230 e. The molecule has 0 spiro atoms. The Balaban J connectivity index is 1.53. The average Bonchev–Trinajstić information content (AvgIpc) is 3.11. The lowest BCUT2D eigenvalue weighted by molar-refractivity contribution is -0.118. The molecule has 1 aliphatic heterocycles. The molecule has 1 aliphatic rings. The molecule has 0 aliphatic carbocycles. The molecule has 3 rings (SSSR count). The molecular formula is C18H24FN5O2S. The van der Waals surface area contributed by atoms with Crippen LogP contribution in [-0.4, -0.2) is 52.7 Å². The molecule has 1 amide bonds. The summed E-state index contributed by atoms with van der Waals surface area (Å²) in [7, 11) is 0. The maximum Gasteiger partial charge on any atom is 0.230 e. The quantitative estimate of drug-likeness (QED) is 0.726. The molecule has 1 N–H and O–H groups in total. The number of nitrogens with zero attached hydrogens (tertiary/aromatic N) is 4. The van der Waals surface area contributed by atoms with Crippen molar-refractivity contribution in [2.75, 3.05) is 37.0 Å². The largest absolute Gasteiger partial charge is 0.378 e. The van der Waals surface area contributed by atoms with E-state index in [0.717, 1.165) is 36.3 Å². The lowest BCUT2D eigenvalue weighted by Gasteiger charge is -2.27. The summed E-state index contributed by atoms with van der Waals surface area (Å²) in [5, 5.41) is 12.1. The number of halogens is 1. The molecule has 2 aromatic rings. The second-order valence-corrected chi connectivity index (χ2v) is 7.22. The summed E-state index contributed by atoms with van der Waals surface area (Å²) in [6, 6.07) is 4.84. The number of ether oxygens (including phenoxy) is 1. The molecule has 146 valence electrons. The van der Waals surface area contributed by atoms with E-state index in [9.17, 15) is 9.18 Å². The number of benzene rings is 1. The van der Waals surface area contributed by atoms with Crippen LogP contribution in [0.5, 0.6) is 0 Å². The van der Waals surface area contributed by atoms with Crippen molar-refractivity contribution in [1.29, 1.82) is 0 Å². The van der Waals surface area contributed by atoms with Gasteiger partial charge < -0.3 is 15.0 Å². The van der Waals surface area contributed by atoms with Crippen LogP contribution in [0.25, 0.3) is 0 Å². The minimum absolute atomic E-state index is 0.0967. The Hall–Kier alpha value is -2.13. The van der Waals surface area contributed by atoms with Crippen LogP contribution in [-0.2, 0) is 22.6 Å². The van der Waals surface area contributed by atoms with Crippen LogP contribution >= 0.6 is 11.8 Å². The van der Waals surface area contributed by atoms with Crippen molar-refractivity contribution in [2.45, 2.75) is 32.1 Å². The minimum Gasteiger partial charge on any atom is -0.378 e. The monoisotopic (exact) mass is 393 g/mol. The molecule has 9 heteroatoms. The predicted octanol–water partition coefficient (Wildman–Crippen LogP) is 1.99. The Labute approximate surface area is 162 Å². The lowest BCUT2D eigenvalue weighted by Crippen LogP contribution is -2.38. The highest BCUT2D eigenvalue weighted by Crippen LogP contribution is 2.22. The number of rotatable bonds is 7. The van der Waals surface area contributed by atoms with Gasteiger partial charge in [0.15, 0.2) is 5.16 Å². The number of hydrogen-bond acceptors (Lipinski definition) is 6. The van der Waals surface area contributed by atoms with E-state index in [0.29, 0.717) is 25.3 Å². The van der Waals surface area contributed by atoms with Crippen molar-refractivity contribution in [3.8, 4) is 0 Å². The van der Waals surface area contributed by atoms with Crippen molar-refractivity contribution in [3.63, 3.8) is 0 Å². The third-order valence-electron chi connectivity index (χ3n) is 4.35. The summed E-state index contributed by atoms with van der Waals surface area (Å²) >= 11 is 1.36. The molecule has 1 saturated heterocycles. The summed E-state index contributed by atoms with van der Waals surface area (Å²) in [6.45, 7) is 7.81. The van der Waals surface area contributed by atoms with Crippen molar-refractivity contribution in [3.05, 3.63) is 35.1 Å². The number of anilines is 1. The number of carbonyl (C=O) groups is 1. The van der Waals surface area contributed by atoms with Crippen LogP contribution in [0, 0.1) is 12.7 Å². The first-order valence-corrected chi connectivity index (χ1v) is 9.97. The van der Waals surface area contributed by atoms with Gasteiger partial charge in [-0.1, -0.05) is 23.9 Å². The molecular weight excluding hydrogens is 369 g/mol. The number of nitrogens with one attached hydrogen (secondary N) is 1. The van der Waals surface area contributed by atoms with Crippen molar-refractivity contribution >= 4 is 23.6 Å². The van der Waals surface area contributed by atoms with Crippen molar-refractivity contribution in [2.24, 2.45) is 0 Å². The van der Waals surface area contributed by atoms with E-state index in [1.165, 1.54) is 17.8 Å². The Bertz CT molecular complexity index is 792. The SMILES string of the molecule is CCn1c(SCC(=O)NCc2ccc(F)c(C)c2)nnc1N1CCOCC1. The fraction of sp³-hybridized carbons (Fsp3) is 0.500. The standard InChI is InChI=1S/C18H24FN5O2S/c1-3-24-17(23-6-8-26-9-7-23)21-22-18(24)27-12-16(25)20-11-14-4-5-15(19)13(2)10-14/h4-5,10H,3,6-9,11-12H2,1-2H3,(H,20,25). The van der Waals surface area contributed by atoms with Crippen LogP contribution in [0.1, 0.15) is 18.1 Å². The maximum atomic E-state index is 13.3. The van der Waals surface area contributed by atoms with Crippen LogP contribution < -0.4 is 10.2 Å². The molecule has 0 radical (unpaired) electrons. The molecule has 27 heavy (non-hydrogen) atoms. The predicted molar refractivity (Wildman–Crippen MR) is 102 cm³/mol. The number of carbonyl (C=O) groups excluding carboxylic acids is 1. The van der Waals surface area contributed by atoms with Gasteiger partial charge in [0.05, 0.1) is 19.0 Å². The van der Waals surface area contributed by atoms with Crippen molar-refractivity contribution < 1.29 is 13.9 Å².